The number of rotatable bonds is 4. The van der Waals surface area contributed by atoms with E-state index >= 15 is 0 Å². The van der Waals surface area contributed by atoms with Gasteiger partial charge in [-0.05, 0) is 32.9 Å². The molecule has 16 heavy (non-hydrogen) atoms. The van der Waals surface area contributed by atoms with Gasteiger partial charge in [-0.3, -0.25) is 4.79 Å². The van der Waals surface area contributed by atoms with Crippen molar-refractivity contribution in [2.75, 3.05) is 33.8 Å². The fourth-order valence-electron chi connectivity index (χ4n) is 2.31. The Labute approximate surface area is 98.2 Å². The minimum Gasteiger partial charge on any atom is -0.396 e. The van der Waals surface area contributed by atoms with Crippen LogP contribution in [-0.4, -0.2) is 60.6 Å². The van der Waals surface area contributed by atoms with E-state index in [-0.39, 0.29) is 18.4 Å². The molecule has 0 aromatic rings. The number of hydrogen-bond donors (Lipinski definition) is 1. The zero-order chi connectivity index (χ0) is 12.1. The summed E-state index contributed by atoms with van der Waals surface area (Å²) >= 11 is 0. The first kappa shape index (κ1) is 13.5. The summed E-state index contributed by atoms with van der Waals surface area (Å²) in [5.74, 6) is -0.137. The van der Waals surface area contributed by atoms with Gasteiger partial charge < -0.3 is 14.9 Å². The van der Waals surface area contributed by atoms with E-state index in [0.717, 1.165) is 25.9 Å². The summed E-state index contributed by atoms with van der Waals surface area (Å²) < 4.78 is 0. The van der Waals surface area contributed by atoms with E-state index in [4.69, 9.17) is 5.11 Å². The zero-order valence-corrected chi connectivity index (χ0v) is 10.6. The van der Waals surface area contributed by atoms with Crippen molar-refractivity contribution in [2.45, 2.75) is 32.2 Å². The Kier molecular flexibility index (Phi) is 5.22. The summed E-state index contributed by atoms with van der Waals surface area (Å²) in [5, 5.41) is 9.14. The lowest BCUT2D eigenvalue weighted by atomic mass is 10.0. The second-order valence-corrected chi connectivity index (χ2v) is 4.80. The highest BCUT2D eigenvalue weighted by Gasteiger charge is 2.27. The summed E-state index contributed by atoms with van der Waals surface area (Å²) in [6.45, 7) is 3.97. The average molecular weight is 228 g/mol. The molecule has 1 aliphatic rings. The van der Waals surface area contributed by atoms with Gasteiger partial charge in [0.25, 0.3) is 0 Å². The Balaban J connectivity index is 2.55. The molecule has 1 aliphatic heterocycles. The molecule has 0 aromatic carbocycles. The van der Waals surface area contributed by atoms with Gasteiger partial charge in [-0.2, -0.15) is 0 Å². The van der Waals surface area contributed by atoms with E-state index in [9.17, 15) is 4.79 Å². The van der Waals surface area contributed by atoms with E-state index in [2.05, 4.69) is 11.9 Å². The molecule has 1 rings (SSSR count). The molecule has 4 heteroatoms. The van der Waals surface area contributed by atoms with Gasteiger partial charge in [0, 0.05) is 19.6 Å². The second kappa shape index (κ2) is 6.21. The monoisotopic (exact) mass is 228 g/mol. The number of aliphatic hydroxyl groups excluding tert-OH is 1. The normalized spacial score (nSPS) is 24.1. The lowest BCUT2D eigenvalue weighted by Crippen LogP contribution is -2.49. The molecule has 1 amide bonds. The number of nitrogens with zero attached hydrogens (tertiary/aromatic N) is 2. The van der Waals surface area contributed by atoms with Crippen LogP contribution < -0.4 is 0 Å². The Morgan fingerprint density at radius 2 is 2.31 bits per heavy atom. The van der Waals surface area contributed by atoms with Crippen LogP contribution in [0.5, 0.6) is 0 Å². The highest BCUT2D eigenvalue weighted by molar-refractivity contribution is 5.79. The third-order valence-electron chi connectivity index (χ3n) is 3.56. The van der Waals surface area contributed by atoms with E-state index < -0.39 is 0 Å². The number of carbonyl (C=O) groups excluding carboxylic acids is 1. The smallest absolute Gasteiger partial charge is 0.228 e. The van der Waals surface area contributed by atoms with Crippen molar-refractivity contribution in [3.05, 3.63) is 0 Å². The fraction of sp³-hybridized carbons (Fsp3) is 0.917. The van der Waals surface area contributed by atoms with Crippen LogP contribution in [0.1, 0.15) is 26.2 Å². The summed E-state index contributed by atoms with van der Waals surface area (Å²) in [6, 6.07) is 0.312. The average Bonchev–Trinajstić information content (AvgIpc) is 2.29. The van der Waals surface area contributed by atoms with E-state index in [0.29, 0.717) is 12.5 Å². The van der Waals surface area contributed by atoms with Crippen molar-refractivity contribution in [2.24, 2.45) is 5.92 Å². The molecule has 2 unspecified atom stereocenters. The van der Waals surface area contributed by atoms with Crippen LogP contribution in [0.15, 0.2) is 0 Å². The highest BCUT2D eigenvalue weighted by Crippen LogP contribution is 2.16. The molecule has 0 aliphatic carbocycles. The lowest BCUT2D eigenvalue weighted by molar-refractivity contribution is -0.138. The molecule has 1 N–H and O–H groups in total. The number of aliphatic hydroxyl groups is 1. The van der Waals surface area contributed by atoms with Crippen LogP contribution in [-0.2, 0) is 4.79 Å². The Morgan fingerprint density at radius 1 is 1.62 bits per heavy atom. The van der Waals surface area contributed by atoms with Gasteiger partial charge >= 0.3 is 0 Å². The van der Waals surface area contributed by atoms with Gasteiger partial charge in [0.15, 0.2) is 0 Å². The molecular weight excluding hydrogens is 204 g/mol. The maximum absolute atomic E-state index is 12.1. The lowest BCUT2D eigenvalue weighted by Gasteiger charge is -2.37. The standard InChI is InChI=1S/C12H24N2O2/c1-4-10(9-15)12(16)14(3)11-6-5-7-13(2)8-11/h10-11,15H,4-9H2,1-3H3. The number of likely N-dealkylation sites (tertiary alicyclic amines) is 1. The Bertz CT molecular complexity index is 229. The van der Waals surface area contributed by atoms with Gasteiger partial charge in [-0.25, -0.2) is 0 Å². The second-order valence-electron chi connectivity index (χ2n) is 4.80. The predicted octanol–water partition coefficient (Wildman–Crippen LogP) is 0.557. The number of carbonyl (C=O) groups is 1. The minimum absolute atomic E-state index is 0.0395. The Hall–Kier alpha value is -0.610. The molecule has 0 saturated carbocycles. The van der Waals surface area contributed by atoms with Crippen molar-refractivity contribution in [1.82, 2.24) is 9.80 Å². The maximum atomic E-state index is 12.1. The number of piperidine rings is 1. The fourth-order valence-corrected chi connectivity index (χ4v) is 2.31. The highest BCUT2D eigenvalue weighted by atomic mass is 16.3. The van der Waals surface area contributed by atoms with Gasteiger partial charge in [-0.15, -0.1) is 0 Å². The van der Waals surface area contributed by atoms with Crippen LogP contribution in [0.3, 0.4) is 0 Å². The Morgan fingerprint density at radius 3 is 2.81 bits per heavy atom. The molecule has 1 fully saturated rings. The van der Waals surface area contributed by atoms with E-state index in [1.807, 2.05) is 18.9 Å². The van der Waals surface area contributed by atoms with E-state index in [1.54, 1.807) is 0 Å². The topological polar surface area (TPSA) is 43.8 Å². The van der Waals surface area contributed by atoms with Gasteiger partial charge in [0.1, 0.15) is 0 Å². The molecule has 0 spiro atoms. The SMILES string of the molecule is CCC(CO)C(=O)N(C)C1CCCN(C)C1. The number of hydrogen-bond acceptors (Lipinski definition) is 3. The number of likely N-dealkylation sites (N-methyl/N-ethyl adjacent to an activating group) is 2. The van der Waals surface area contributed by atoms with Gasteiger partial charge in [-0.1, -0.05) is 6.92 Å². The first-order valence-electron chi connectivity index (χ1n) is 6.16. The minimum atomic E-state index is -0.225. The van der Waals surface area contributed by atoms with Crippen LogP contribution in [0, 0.1) is 5.92 Å². The molecule has 4 nitrogen and oxygen atoms in total. The first-order valence-corrected chi connectivity index (χ1v) is 6.16. The molecule has 2 atom stereocenters. The summed E-state index contributed by atoms with van der Waals surface area (Å²) in [7, 11) is 3.96. The quantitative estimate of drug-likeness (QED) is 0.764. The molecular formula is C12H24N2O2. The largest absolute Gasteiger partial charge is 0.396 e. The van der Waals surface area contributed by atoms with Gasteiger partial charge in [0.05, 0.1) is 12.5 Å². The van der Waals surface area contributed by atoms with Crippen LogP contribution in [0.4, 0.5) is 0 Å². The van der Waals surface area contributed by atoms with Crippen LogP contribution in [0.25, 0.3) is 0 Å². The number of amides is 1. The van der Waals surface area contributed by atoms with E-state index in [1.165, 1.54) is 0 Å². The van der Waals surface area contributed by atoms with Crippen molar-refractivity contribution in [3.8, 4) is 0 Å². The molecule has 94 valence electrons. The van der Waals surface area contributed by atoms with Crippen molar-refractivity contribution >= 4 is 5.91 Å². The van der Waals surface area contributed by atoms with Crippen LogP contribution >= 0.6 is 0 Å². The molecule has 0 radical (unpaired) electrons. The molecule has 0 aromatic heterocycles. The summed E-state index contributed by atoms with van der Waals surface area (Å²) in [5.41, 5.74) is 0. The maximum Gasteiger partial charge on any atom is 0.228 e. The van der Waals surface area contributed by atoms with Crippen molar-refractivity contribution < 1.29 is 9.90 Å². The predicted molar refractivity (Wildman–Crippen MR) is 64.2 cm³/mol. The molecule has 1 saturated heterocycles. The van der Waals surface area contributed by atoms with Gasteiger partial charge in [0.2, 0.25) is 5.91 Å². The zero-order valence-electron chi connectivity index (χ0n) is 10.6. The third kappa shape index (κ3) is 3.19. The molecule has 0 bridgehead atoms. The van der Waals surface area contributed by atoms with Crippen molar-refractivity contribution in [1.29, 1.82) is 0 Å². The molecule has 1 heterocycles. The summed E-state index contributed by atoms with van der Waals surface area (Å²) in [4.78, 5) is 16.2. The summed E-state index contributed by atoms with van der Waals surface area (Å²) in [6.07, 6.45) is 2.94. The van der Waals surface area contributed by atoms with Crippen molar-refractivity contribution in [3.63, 3.8) is 0 Å². The van der Waals surface area contributed by atoms with Crippen LogP contribution in [0.2, 0.25) is 0 Å². The first-order chi connectivity index (χ1) is 7.60. The third-order valence-corrected chi connectivity index (χ3v) is 3.56.